The maximum Gasteiger partial charge on any atom is 0.257 e. The van der Waals surface area contributed by atoms with E-state index in [1.807, 2.05) is 24.4 Å². The van der Waals surface area contributed by atoms with Gasteiger partial charge in [-0.05, 0) is 31.2 Å². The maximum atomic E-state index is 15.2. The van der Waals surface area contributed by atoms with Gasteiger partial charge in [0.1, 0.15) is 35.5 Å². The number of likely N-dealkylation sites (N-methyl/N-ethyl adjacent to an activating group) is 2. The molecule has 2 aliphatic heterocycles. The van der Waals surface area contributed by atoms with E-state index in [1.165, 1.54) is 17.0 Å². The van der Waals surface area contributed by atoms with Crippen molar-refractivity contribution < 1.29 is 13.9 Å². The second kappa shape index (κ2) is 9.31. The van der Waals surface area contributed by atoms with Gasteiger partial charge in [-0.25, -0.2) is 14.4 Å². The minimum atomic E-state index is -0.666. The van der Waals surface area contributed by atoms with E-state index < -0.39 is 11.7 Å². The van der Waals surface area contributed by atoms with Gasteiger partial charge in [0.25, 0.3) is 5.91 Å². The first-order chi connectivity index (χ1) is 19.8. The van der Waals surface area contributed by atoms with Gasteiger partial charge in [0.15, 0.2) is 0 Å². The number of amides is 1. The van der Waals surface area contributed by atoms with Crippen molar-refractivity contribution in [1.82, 2.24) is 34.1 Å². The summed E-state index contributed by atoms with van der Waals surface area (Å²) in [5.74, 6) is 7.27. The largest absolute Gasteiger partial charge is 0.491 e. The highest BCUT2D eigenvalue weighted by atomic mass is 19.1. The number of nitrogens with two attached hydrogens (primary N) is 1. The standard InChI is InChI=1S/C30H27FN8O2/c1-36-8-9-39-18(13-33-27(39)15-36)6-4-17-5-7-19-25(16-41-26(19)10-17)37(2)30(40)20-11-21-24(12-23(20)31)35-29(32)22-14-34-38(3)28(21)22/h5,7,10-14,25H,8-9,15-16H2,1-3H3,(H2,32,35)/t25-/m1/s1. The summed E-state index contributed by atoms with van der Waals surface area (Å²) in [6.07, 6.45) is 3.43. The Morgan fingerprint density at radius 1 is 1.15 bits per heavy atom. The summed E-state index contributed by atoms with van der Waals surface area (Å²) in [5, 5.41) is 5.51. The quantitative estimate of drug-likeness (QED) is 0.337. The molecule has 0 saturated carbocycles. The highest BCUT2D eigenvalue weighted by Crippen LogP contribution is 2.37. The predicted octanol–water partition coefficient (Wildman–Crippen LogP) is 3.09. The molecule has 5 aromatic rings. The summed E-state index contributed by atoms with van der Waals surface area (Å²) in [4.78, 5) is 26.2. The van der Waals surface area contributed by atoms with Crippen LogP contribution in [0, 0.1) is 17.7 Å². The van der Waals surface area contributed by atoms with Crippen molar-refractivity contribution in [3.63, 3.8) is 0 Å². The van der Waals surface area contributed by atoms with Crippen molar-refractivity contribution in [1.29, 1.82) is 0 Å². The number of rotatable bonds is 2. The van der Waals surface area contributed by atoms with Crippen LogP contribution in [0.1, 0.15) is 39.0 Å². The molecule has 0 aliphatic carbocycles. The highest BCUT2D eigenvalue weighted by Gasteiger charge is 2.32. The van der Waals surface area contributed by atoms with E-state index in [1.54, 1.807) is 25.0 Å². The van der Waals surface area contributed by atoms with Crippen LogP contribution >= 0.6 is 0 Å². The normalized spacial score (nSPS) is 16.2. The minimum Gasteiger partial charge on any atom is -0.491 e. The molecule has 2 aromatic carbocycles. The number of imidazole rings is 1. The fraction of sp³-hybridized carbons (Fsp3) is 0.267. The van der Waals surface area contributed by atoms with Crippen LogP contribution in [0.4, 0.5) is 10.2 Å². The summed E-state index contributed by atoms with van der Waals surface area (Å²) in [7, 11) is 5.51. The van der Waals surface area contributed by atoms with E-state index in [0.717, 1.165) is 42.3 Å². The first-order valence-electron chi connectivity index (χ1n) is 13.3. The fourth-order valence-corrected chi connectivity index (χ4v) is 5.68. The van der Waals surface area contributed by atoms with Gasteiger partial charge in [-0.2, -0.15) is 5.10 Å². The van der Waals surface area contributed by atoms with Crippen LogP contribution in [-0.4, -0.2) is 67.3 Å². The number of nitrogen functional groups attached to an aromatic ring is 1. The third-order valence-corrected chi connectivity index (χ3v) is 7.97. The Morgan fingerprint density at radius 2 is 2.00 bits per heavy atom. The summed E-state index contributed by atoms with van der Waals surface area (Å²) in [5.41, 5.74) is 9.59. The number of nitrogens with zero attached hydrogens (tertiary/aromatic N) is 7. The summed E-state index contributed by atoms with van der Waals surface area (Å²) < 4.78 is 25.0. The fourth-order valence-electron chi connectivity index (χ4n) is 5.68. The Morgan fingerprint density at radius 3 is 2.85 bits per heavy atom. The number of halogens is 1. The smallest absolute Gasteiger partial charge is 0.257 e. The third-order valence-electron chi connectivity index (χ3n) is 7.97. The van der Waals surface area contributed by atoms with Crippen molar-refractivity contribution >= 4 is 33.5 Å². The van der Waals surface area contributed by atoms with E-state index >= 15 is 4.39 Å². The Balaban J connectivity index is 1.16. The number of hydrogen-bond acceptors (Lipinski definition) is 7. The minimum absolute atomic E-state index is 0.0552. The molecule has 2 N–H and O–H groups in total. The number of aryl methyl sites for hydroxylation is 1. The van der Waals surface area contributed by atoms with Gasteiger partial charge in [0.05, 0.1) is 47.0 Å². The number of ether oxygens (including phenoxy) is 1. The number of anilines is 1. The van der Waals surface area contributed by atoms with Crippen LogP contribution in [-0.2, 0) is 20.1 Å². The molecule has 0 unspecified atom stereocenters. The molecule has 11 heteroatoms. The molecule has 3 aromatic heterocycles. The van der Waals surface area contributed by atoms with E-state index in [0.29, 0.717) is 27.6 Å². The lowest BCUT2D eigenvalue weighted by molar-refractivity contribution is 0.0704. The Kier molecular flexibility index (Phi) is 5.69. The van der Waals surface area contributed by atoms with Crippen LogP contribution in [0.25, 0.3) is 21.8 Å². The summed E-state index contributed by atoms with van der Waals surface area (Å²) >= 11 is 0. The number of carbonyl (C=O) groups excluding carboxylic acids is 1. The van der Waals surface area contributed by atoms with Crippen LogP contribution in [0.2, 0.25) is 0 Å². The predicted molar refractivity (Wildman–Crippen MR) is 152 cm³/mol. The molecule has 206 valence electrons. The molecule has 5 heterocycles. The van der Waals surface area contributed by atoms with Crippen molar-refractivity contribution in [2.45, 2.75) is 19.1 Å². The average Bonchev–Trinajstić information content (AvgIpc) is 3.67. The lowest BCUT2D eigenvalue weighted by atomic mass is 10.0. The number of carbonyl (C=O) groups is 1. The lowest BCUT2D eigenvalue weighted by Gasteiger charge is -2.24. The lowest BCUT2D eigenvalue weighted by Crippen LogP contribution is -2.32. The molecule has 0 radical (unpaired) electrons. The number of aromatic nitrogens is 5. The third kappa shape index (κ3) is 4.06. The second-order valence-electron chi connectivity index (χ2n) is 10.6. The van der Waals surface area contributed by atoms with Crippen LogP contribution in [0.15, 0.2) is 42.7 Å². The topological polar surface area (TPSA) is 107 Å². The molecule has 0 saturated heterocycles. The van der Waals surface area contributed by atoms with Gasteiger partial charge in [-0.15, -0.1) is 0 Å². The van der Waals surface area contributed by atoms with Gasteiger partial charge in [-0.3, -0.25) is 14.4 Å². The van der Waals surface area contributed by atoms with E-state index in [9.17, 15) is 4.79 Å². The van der Waals surface area contributed by atoms with E-state index in [4.69, 9.17) is 10.5 Å². The second-order valence-corrected chi connectivity index (χ2v) is 10.6. The molecule has 2 aliphatic rings. The SMILES string of the molecule is CN1CCn2c(C#Cc3ccc4c(c3)OC[C@H]4N(C)C(=O)c3cc4c(cc3F)nc(N)c3cnn(C)c34)cnc2C1. The molecule has 41 heavy (non-hydrogen) atoms. The Hall–Kier alpha value is -4.95. The van der Waals surface area contributed by atoms with Gasteiger partial charge in [-0.1, -0.05) is 12.0 Å². The molecular formula is C30H27FN8O2. The Bertz CT molecular complexity index is 1950. The highest BCUT2D eigenvalue weighted by molar-refractivity contribution is 6.10. The Labute approximate surface area is 235 Å². The maximum absolute atomic E-state index is 15.2. The van der Waals surface area contributed by atoms with Gasteiger partial charge >= 0.3 is 0 Å². The van der Waals surface area contributed by atoms with Crippen LogP contribution in [0.5, 0.6) is 5.75 Å². The zero-order valence-electron chi connectivity index (χ0n) is 22.8. The molecular weight excluding hydrogens is 523 g/mol. The number of hydrogen-bond donors (Lipinski definition) is 1. The number of fused-ring (bicyclic) bond motifs is 5. The van der Waals surface area contributed by atoms with Gasteiger partial charge in [0, 0.05) is 49.8 Å². The molecule has 0 spiro atoms. The summed E-state index contributed by atoms with van der Waals surface area (Å²) in [6, 6.07) is 8.12. The average molecular weight is 551 g/mol. The molecule has 10 nitrogen and oxygen atoms in total. The molecule has 0 fully saturated rings. The van der Waals surface area contributed by atoms with Crippen molar-refractivity contribution in [3.8, 4) is 17.6 Å². The van der Waals surface area contributed by atoms with E-state index in [2.05, 4.69) is 43.4 Å². The first-order valence-corrected chi connectivity index (χ1v) is 13.3. The van der Waals surface area contributed by atoms with Crippen LogP contribution < -0.4 is 10.5 Å². The number of benzene rings is 2. The zero-order chi connectivity index (χ0) is 28.4. The van der Waals surface area contributed by atoms with E-state index in [-0.39, 0.29) is 24.0 Å². The van der Waals surface area contributed by atoms with Crippen molar-refractivity contribution in [2.75, 3.05) is 33.0 Å². The zero-order valence-corrected chi connectivity index (χ0v) is 22.8. The summed E-state index contributed by atoms with van der Waals surface area (Å²) in [6.45, 7) is 2.89. The number of pyridine rings is 1. The molecule has 0 bridgehead atoms. The molecule has 1 amide bonds. The first kappa shape index (κ1) is 25.0. The molecule has 7 rings (SSSR count). The van der Waals surface area contributed by atoms with Crippen molar-refractivity contribution in [3.05, 3.63) is 76.8 Å². The monoisotopic (exact) mass is 550 g/mol. The van der Waals surface area contributed by atoms with Crippen molar-refractivity contribution in [2.24, 2.45) is 7.05 Å². The van der Waals surface area contributed by atoms with Gasteiger partial charge < -0.3 is 19.9 Å². The molecule has 1 atom stereocenters. The van der Waals surface area contributed by atoms with Gasteiger partial charge in [0.2, 0.25) is 0 Å². The van der Waals surface area contributed by atoms with Crippen LogP contribution in [0.3, 0.4) is 0 Å².